The maximum absolute atomic E-state index is 5.49. The number of nitrogens with two attached hydrogens (primary N) is 1. The van der Waals surface area contributed by atoms with Gasteiger partial charge in [0.15, 0.2) is 0 Å². The summed E-state index contributed by atoms with van der Waals surface area (Å²) in [6.45, 7) is 3.27. The standard InChI is InChI=1S/C11H15N3S/c1-11(4-5-11)7-14-9-3-2-8(6-13-9)10(12)15/h2-3,6H,4-5,7H2,1H3,(H2,12,15)(H,13,14). The minimum Gasteiger partial charge on any atom is -0.389 e. The molecule has 0 aromatic carbocycles. The quantitative estimate of drug-likeness (QED) is 0.763. The minimum absolute atomic E-state index is 0.392. The van der Waals surface area contributed by atoms with Crippen LogP contribution in [0.25, 0.3) is 0 Å². The fourth-order valence-electron chi connectivity index (χ4n) is 1.34. The number of nitrogens with zero attached hydrogens (tertiary/aromatic N) is 1. The molecule has 0 amide bonds. The Morgan fingerprint density at radius 2 is 2.33 bits per heavy atom. The van der Waals surface area contributed by atoms with Crippen molar-refractivity contribution in [1.82, 2.24) is 4.98 Å². The molecule has 2 rings (SSSR count). The van der Waals surface area contributed by atoms with Gasteiger partial charge < -0.3 is 11.1 Å². The first-order valence-electron chi connectivity index (χ1n) is 5.09. The van der Waals surface area contributed by atoms with E-state index in [0.29, 0.717) is 10.4 Å². The summed E-state index contributed by atoms with van der Waals surface area (Å²) in [6.07, 6.45) is 4.33. The summed E-state index contributed by atoms with van der Waals surface area (Å²) < 4.78 is 0. The van der Waals surface area contributed by atoms with E-state index in [0.717, 1.165) is 17.9 Å². The first kappa shape index (κ1) is 10.4. The average molecular weight is 221 g/mol. The second-order valence-corrected chi connectivity index (χ2v) is 4.90. The Morgan fingerprint density at radius 1 is 1.60 bits per heavy atom. The topological polar surface area (TPSA) is 50.9 Å². The SMILES string of the molecule is CC1(CNc2ccc(C(N)=S)cn2)CC1. The zero-order valence-electron chi connectivity index (χ0n) is 8.79. The third-order valence-electron chi connectivity index (χ3n) is 2.85. The molecular formula is C11H15N3S. The van der Waals surface area contributed by atoms with Crippen molar-refractivity contribution in [3.05, 3.63) is 23.9 Å². The summed E-state index contributed by atoms with van der Waals surface area (Å²) in [7, 11) is 0. The fraction of sp³-hybridized carbons (Fsp3) is 0.455. The Labute approximate surface area is 95.1 Å². The summed E-state index contributed by atoms with van der Waals surface area (Å²) >= 11 is 4.86. The minimum atomic E-state index is 0.392. The largest absolute Gasteiger partial charge is 0.389 e. The predicted octanol–water partition coefficient (Wildman–Crippen LogP) is 1.93. The van der Waals surface area contributed by atoms with E-state index in [1.807, 2.05) is 12.1 Å². The molecule has 1 saturated carbocycles. The molecule has 0 bridgehead atoms. The van der Waals surface area contributed by atoms with Crippen LogP contribution in [0.4, 0.5) is 5.82 Å². The molecule has 3 nitrogen and oxygen atoms in total. The normalized spacial score (nSPS) is 17.1. The highest BCUT2D eigenvalue weighted by Gasteiger charge is 2.36. The molecule has 1 aliphatic rings. The van der Waals surface area contributed by atoms with Gasteiger partial charge in [-0.3, -0.25) is 0 Å². The number of aromatic nitrogens is 1. The van der Waals surface area contributed by atoms with Gasteiger partial charge in [0.2, 0.25) is 0 Å². The van der Waals surface area contributed by atoms with Gasteiger partial charge >= 0.3 is 0 Å². The number of hydrogen-bond acceptors (Lipinski definition) is 3. The zero-order valence-corrected chi connectivity index (χ0v) is 9.60. The highest BCUT2D eigenvalue weighted by Crippen LogP contribution is 2.44. The average Bonchev–Trinajstić information content (AvgIpc) is 2.95. The summed E-state index contributed by atoms with van der Waals surface area (Å²) in [5.41, 5.74) is 6.79. The van der Waals surface area contributed by atoms with E-state index in [-0.39, 0.29) is 0 Å². The molecule has 0 radical (unpaired) electrons. The van der Waals surface area contributed by atoms with Crippen molar-refractivity contribution < 1.29 is 0 Å². The Hall–Kier alpha value is -1.16. The summed E-state index contributed by atoms with van der Waals surface area (Å²) in [6, 6.07) is 3.81. The Morgan fingerprint density at radius 3 is 2.80 bits per heavy atom. The summed E-state index contributed by atoms with van der Waals surface area (Å²) in [5.74, 6) is 0.892. The van der Waals surface area contributed by atoms with Gasteiger partial charge in [0.05, 0.1) is 0 Å². The van der Waals surface area contributed by atoms with Crippen molar-refractivity contribution in [2.75, 3.05) is 11.9 Å². The maximum Gasteiger partial charge on any atom is 0.125 e. The molecule has 4 heteroatoms. The van der Waals surface area contributed by atoms with Gasteiger partial charge in [0.1, 0.15) is 10.8 Å². The van der Waals surface area contributed by atoms with Crippen molar-refractivity contribution in [2.24, 2.45) is 11.1 Å². The third kappa shape index (κ3) is 2.65. The van der Waals surface area contributed by atoms with Crippen LogP contribution in [0.5, 0.6) is 0 Å². The van der Waals surface area contributed by atoms with Crippen LogP contribution in [0.15, 0.2) is 18.3 Å². The fourth-order valence-corrected chi connectivity index (χ4v) is 1.46. The van der Waals surface area contributed by atoms with Crippen LogP contribution in [0.1, 0.15) is 25.3 Å². The molecule has 0 saturated heterocycles. The van der Waals surface area contributed by atoms with Crippen molar-refractivity contribution in [3.63, 3.8) is 0 Å². The van der Waals surface area contributed by atoms with Crippen LogP contribution in [-0.2, 0) is 0 Å². The molecule has 15 heavy (non-hydrogen) atoms. The lowest BCUT2D eigenvalue weighted by atomic mass is 10.1. The van der Waals surface area contributed by atoms with Gasteiger partial charge in [0.25, 0.3) is 0 Å². The van der Waals surface area contributed by atoms with Gasteiger partial charge in [0, 0.05) is 18.3 Å². The Kier molecular flexibility index (Phi) is 2.61. The second kappa shape index (κ2) is 3.77. The highest BCUT2D eigenvalue weighted by atomic mass is 32.1. The van der Waals surface area contributed by atoms with E-state index in [1.165, 1.54) is 12.8 Å². The van der Waals surface area contributed by atoms with Gasteiger partial charge in [-0.1, -0.05) is 19.1 Å². The summed E-state index contributed by atoms with van der Waals surface area (Å²) in [4.78, 5) is 4.64. The van der Waals surface area contributed by atoms with Crippen LogP contribution < -0.4 is 11.1 Å². The van der Waals surface area contributed by atoms with Gasteiger partial charge in [-0.2, -0.15) is 0 Å². The maximum atomic E-state index is 5.49. The smallest absolute Gasteiger partial charge is 0.125 e. The molecular weight excluding hydrogens is 206 g/mol. The molecule has 0 spiro atoms. The van der Waals surface area contributed by atoms with Gasteiger partial charge in [-0.25, -0.2) is 4.98 Å². The lowest BCUT2D eigenvalue weighted by Crippen LogP contribution is -2.13. The number of thiocarbonyl (C=S) groups is 1. The third-order valence-corrected chi connectivity index (χ3v) is 3.08. The molecule has 0 unspecified atom stereocenters. The van der Waals surface area contributed by atoms with E-state index in [4.69, 9.17) is 18.0 Å². The molecule has 1 aliphatic carbocycles. The number of pyridine rings is 1. The van der Waals surface area contributed by atoms with Crippen molar-refractivity contribution in [3.8, 4) is 0 Å². The first-order chi connectivity index (χ1) is 7.09. The predicted molar refractivity (Wildman–Crippen MR) is 66.0 cm³/mol. The molecule has 3 N–H and O–H groups in total. The molecule has 1 aromatic rings. The van der Waals surface area contributed by atoms with Gasteiger partial charge in [-0.05, 0) is 30.4 Å². The summed E-state index contributed by atoms with van der Waals surface area (Å²) in [5, 5.41) is 3.32. The Bertz CT molecular complexity index is 368. The lowest BCUT2D eigenvalue weighted by molar-refractivity contribution is 0.609. The second-order valence-electron chi connectivity index (χ2n) is 4.46. The van der Waals surface area contributed by atoms with Crippen LogP contribution in [0, 0.1) is 5.41 Å². The van der Waals surface area contributed by atoms with Crippen molar-refractivity contribution in [2.45, 2.75) is 19.8 Å². The zero-order chi connectivity index (χ0) is 10.9. The number of anilines is 1. The molecule has 0 aliphatic heterocycles. The van der Waals surface area contributed by atoms with Crippen LogP contribution >= 0.6 is 12.2 Å². The van der Waals surface area contributed by atoms with Crippen LogP contribution in [-0.4, -0.2) is 16.5 Å². The number of rotatable bonds is 4. The van der Waals surface area contributed by atoms with Gasteiger partial charge in [-0.15, -0.1) is 0 Å². The van der Waals surface area contributed by atoms with E-state index in [2.05, 4.69) is 17.2 Å². The van der Waals surface area contributed by atoms with E-state index < -0.39 is 0 Å². The van der Waals surface area contributed by atoms with Crippen molar-refractivity contribution in [1.29, 1.82) is 0 Å². The van der Waals surface area contributed by atoms with Crippen molar-refractivity contribution >= 4 is 23.0 Å². The number of nitrogens with one attached hydrogen (secondary N) is 1. The molecule has 80 valence electrons. The highest BCUT2D eigenvalue weighted by molar-refractivity contribution is 7.80. The Balaban J connectivity index is 1.95. The van der Waals surface area contributed by atoms with E-state index in [9.17, 15) is 0 Å². The monoisotopic (exact) mass is 221 g/mol. The number of hydrogen-bond donors (Lipinski definition) is 2. The first-order valence-corrected chi connectivity index (χ1v) is 5.50. The molecule has 1 fully saturated rings. The van der Waals surface area contributed by atoms with E-state index >= 15 is 0 Å². The van der Waals surface area contributed by atoms with Crippen LogP contribution in [0.2, 0.25) is 0 Å². The molecule has 1 aromatic heterocycles. The van der Waals surface area contributed by atoms with Crippen LogP contribution in [0.3, 0.4) is 0 Å². The lowest BCUT2D eigenvalue weighted by Gasteiger charge is -2.10. The molecule has 1 heterocycles. The van der Waals surface area contributed by atoms with E-state index in [1.54, 1.807) is 6.20 Å². The molecule has 0 atom stereocenters.